The molecule has 550 valence electrons. The number of carbonyl (C=O) groups is 4. The summed E-state index contributed by atoms with van der Waals surface area (Å²) in [6.07, 6.45) is 8.04. The molecule has 26 heteroatoms. The quantitative estimate of drug-likeness (QED) is 0.0200. The lowest BCUT2D eigenvalue weighted by Gasteiger charge is -2.30. The molecule has 4 N–H and O–H groups in total. The minimum Gasteiger partial charge on any atom is -0.460 e. The third-order valence-corrected chi connectivity index (χ3v) is 16.3. The van der Waals surface area contributed by atoms with E-state index >= 15 is 0 Å². The lowest BCUT2D eigenvalue weighted by molar-refractivity contribution is -0.159. The summed E-state index contributed by atoms with van der Waals surface area (Å²) in [6.45, 7) is 41.7. The number of unbranched alkanes of at least 4 members (excludes halogenated alkanes) is 6. The Morgan fingerprint density at radius 1 is 0.510 bits per heavy atom. The molecular formula is C76H104N14O12. The van der Waals surface area contributed by atoms with Gasteiger partial charge in [-0.05, 0) is 214 Å². The standard InChI is InChI=1S/C28H39N5O5.C24H33N5O4.C24H32N4O3/c1-16-14-20-21(15-17(16)2)33(24-23(32-20)25(35)31-18(3)30-24)13-12-29-19(26(36)38-28(7,8)9)10-11-22(34)37-27(4,5)6;1-15-13-16-18(14-17(15)28(5)6)29(21-20(25-16)22(31)27-23(32)26-21)12-10-8-7-9-11-19(30)33-24(2,3)4;1-15-13-18-19(14-16(15)2)28(22-21(27-18)23(30)26-17(3)25-22)12-10-8-7-9-11-20(29)31-24(4,5)6/h14-15,19,29H,3,10-13H2,1-2,4-9H3,(H,31,35);13-14H,7-12H2,1-6H3,(H,27,31,32);13-14H,3,7-12H2,1-2,4-6H3,(H,26,30)/t19-;;/m0../s1. The summed E-state index contributed by atoms with van der Waals surface area (Å²) in [6, 6.07) is 11.3. The number of rotatable bonds is 23. The van der Waals surface area contributed by atoms with Crippen molar-refractivity contribution < 1.29 is 38.1 Å². The van der Waals surface area contributed by atoms with Crippen molar-refractivity contribution in [3.05, 3.63) is 127 Å². The van der Waals surface area contributed by atoms with Crippen LogP contribution < -0.4 is 64.1 Å². The van der Waals surface area contributed by atoms with E-state index in [4.69, 9.17) is 18.9 Å². The summed E-state index contributed by atoms with van der Waals surface area (Å²) in [7, 11) is 3.94. The van der Waals surface area contributed by atoms with Gasteiger partial charge in [-0.25, -0.2) is 29.7 Å². The van der Waals surface area contributed by atoms with Crippen LogP contribution in [0.5, 0.6) is 0 Å². The molecule has 102 heavy (non-hydrogen) atoms. The first-order valence-electron chi connectivity index (χ1n) is 34.9. The van der Waals surface area contributed by atoms with Crippen molar-refractivity contribution >= 4 is 88.1 Å². The maximum absolute atomic E-state index is 13.0. The predicted octanol–water partition coefficient (Wildman–Crippen LogP) is 9.36. The summed E-state index contributed by atoms with van der Waals surface area (Å²) in [5, 5.41) is 3.78. The number of hydrogen-bond acceptors (Lipinski definition) is 22. The van der Waals surface area contributed by atoms with Crippen LogP contribution in [-0.4, -0.2) is 126 Å². The fourth-order valence-corrected chi connectivity index (χ4v) is 11.6. The number of aromatic nitrogens is 8. The number of benzene rings is 3. The van der Waals surface area contributed by atoms with E-state index in [9.17, 15) is 38.4 Å². The molecule has 0 spiro atoms. The Hall–Kier alpha value is -9.72. The van der Waals surface area contributed by atoms with Gasteiger partial charge in [0.25, 0.3) is 16.7 Å². The molecule has 9 rings (SSSR count). The van der Waals surface area contributed by atoms with Gasteiger partial charge in [-0.15, -0.1) is 0 Å². The SMILES string of the molecule is C=c1nc2c(c(=O)[nH]1)=Nc1cc(C)c(C)cc1N2CCCCCCC(=O)OC(C)(C)C.C=c1nc2c(c(=O)[nH]1)=Nc1cc(C)c(C)cc1N2CCN[C@@H](CCC(=O)OC(C)(C)C)C(=O)OC(C)(C)C.Cc1cc2nc3c(=O)[nH]c(=O)nc-3n(CCCCCCC(=O)OC(C)(C)C)c2cc1N(C)C. The number of hydrogen-bond donors (Lipinski definition) is 4. The van der Waals surface area contributed by atoms with E-state index in [1.54, 1.807) is 41.5 Å². The van der Waals surface area contributed by atoms with Crippen molar-refractivity contribution in [1.82, 2.24) is 44.8 Å². The highest BCUT2D eigenvalue weighted by atomic mass is 16.6. The molecule has 3 aromatic carbocycles. The van der Waals surface area contributed by atoms with Gasteiger partial charge in [-0.1, -0.05) is 38.8 Å². The van der Waals surface area contributed by atoms with E-state index in [0.29, 0.717) is 78.5 Å². The molecule has 4 aliphatic heterocycles. The van der Waals surface area contributed by atoms with Crippen LogP contribution in [-0.2, 0) is 44.7 Å². The van der Waals surface area contributed by atoms with Gasteiger partial charge in [0.2, 0.25) is 0 Å². The maximum atomic E-state index is 13.0. The number of H-pyrrole nitrogens is 3. The first-order chi connectivity index (χ1) is 47.5. The fraction of sp³-hybridized carbons (Fsp3) is 0.526. The van der Waals surface area contributed by atoms with Gasteiger partial charge >= 0.3 is 29.6 Å². The zero-order chi connectivity index (χ0) is 75.5. The number of aromatic amines is 3. The Morgan fingerprint density at radius 3 is 1.42 bits per heavy atom. The molecule has 0 saturated carbocycles. The third kappa shape index (κ3) is 22.4. The van der Waals surface area contributed by atoms with Crippen LogP contribution in [0.4, 0.5) is 40.1 Å². The van der Waals surface area contributed by atoms with E-state index in [0.717, 1.165) is 102 Å². The van der Waals surface area contributed by atoms with Crippen LogP contribution in [0.2, 0.25) is 0 Å². The van der Waals surface area contributed by atoms with Gasteiger partial charge in [-0.3, -0.25) is 38.5 Å². The highest BCUT2D eigenvalue weighted by Gasteiger charge is 2.30. The predicted molar refractivity (Wildman–Crippen MR) is 398 cm³/mol. The van der Waals surface area contributed by atoms with E-state index in [1.165, 1.54) is 5.56 Å². The smallest absolute Gasteiger partial charge is 0.349 e. The Kier molecular flexibility index (Phi) is 26.1. The van der Waals surface area contributed by atoms with Crippen molar-refractivity contribution in [2.45, 2.75) is 230 Å². The molecule has 4 aliphatic rings. The van der Waals surface area contributed by atoms with E-state index in [2.05, 4.69) is 81.2 Å². The molecule has 6 heterocycles. The van der Waals surface area contributed by atoms with Crippen LogP contribution in [0.25, 0.3) is 35.7 Å². The van der Waals surface area contributed by atoms with Crippen molar-refractivity contribution in [3.63, 3.8) is 0 Å². The molecule has 0 bridgehead atoms. The lowest BCUT2D eigenvalue weighted by Crippen LogP contribution is -2.46. The number of esters is 4. The summed E-state index contributed by atoms with van der Waals surface area (Å²) < 4.78 is 23.6. The number of nitrogens with one attached hydrogen (secondary N) is 4. The highest BCUT2D eigenvalue weighted by Crippen LogP contribution is 2.38. The number of fused-ring (bicyclic) bond motifs is 6. The Morgan fingerprint density at radius 2 is 0.951 bits per heavy atom. The Labute approximate surface area is 595 Å². The topological polar surface area (TPSA) is 324 Å². The molecule has 2 aromatic heterocycles. The Balaban J connectivity index is 0.000000216. The molecule has 0 saturated heterocycles. The second-order valence-electron chi connectivity index (χ2n) is 30.2. The minimum atomic E-state index is -0.731. The molecule has 0 aliphatic carbocycles. The molecule has 26 nitrogen and oxygen atoms in total. The van der Waals surface area contributed by atoms with Gasteiger partial charge in [0.15, 0.2) is 33.9 Å². The van der Waals surface area contributed by atoms with Crippen LogP contribution in [0.15, 0.2) is 65.6 Å². The molecule has 0 amide bonds. The molecule has 5 aromatic rings. The fourth-order valence-electron chi connectivity index (χ4n) is 11.6. The van der Waals surface area contributed by atoms with Crippen molar-refractivity contribution in [3.8, 4) is 11.5 Å². The van der Waals surface area contributed by atoms with Crippen molar-refractivity contribution in [2.24, 2.45) is 9.98 Å². The van der Waals surface area contributed by atoms with E-state index < -0.39 is 45.7 Å². The summed E-state index contributed by atoms with van der Waals surface area (Å²) in [5.74, 6) is 0.0871. The zero-order valence-electron chi connectivity index (χ0n) is 63.1. The van der Waals surface area contributed by atoms with Crippen LogP contribution in [0.3, 0.4) is 0 Å². The Bertz CT molecular complexity index is 4700. The number of aryl methyl sites for hydroxylation is 6. The lowest BCUT2D eigenvalue weighted by atomic mass is 10.1. The van der Waals surface area contributed by atoms with Crippen LogP contribution >= 0.6 is 0 Å². The van der Waals surface area contributed by atoms with Crippen LogP contribution in [0, 0.1) is 34.6 Å². The second-order valence-corrected chi connectivity index (χ2v) is 30.2. The second kappa shape index (κ2) is 33.4. The monoisotopic (exact) mass is 1400 g/mol. The molecule has 0 fully saturated rings. The van der Waals surface area contributed by atoms with Gasteiger partial charge in [-0.2, -0.15) is 4.98 Å². The summed E-state index contributed by atoms with van der Waals surface area (Å²) >= 11 is 0. The average Bonchev–Trinajstić information content (AvgIpc) is 0.769. The number of nitrogens with zero attached hydrogens (tertiary/aromatic N) is 10. The van der Waals surface area contributed by atoms with Crippen molar-refractivity contribution in [1.29, 1.82) is 0 Å². The maximum Gasteiger partial charge on any atom is 0.349 e. The third-order valence-electron chi connectivity index (χ3n) is 16.3. The first-order valence-corrected chi connectivity index (χ1v) is 34.9. The van der Waals surface area contributed by atoms with Gasteiger partial charge < -0.3 is 53.5 Å². The summed E-state index contributed by atoms with van der Waals surface area (Å²) in [5.41, 5.74) is 7.87. The molecule has 0 unspecified atom stereocenters. The summed E-state index contributed by atoms with van der Waals surface area (Å²) in [4.78, 5) is 139. The van der Waals surface area contributed by atoms with Gasteiger partial charge in [0.05, 0.1) is 33.8 Å². The van der Waals surface area contributed by atoms with Crippen molar-refractivity contribution in [2.75, 3.05) is 48.4 Å². The van der Waals surface area contributed by atoms with E-state index in [1.807, 2.05) is 128 Å². The number of ether oxygens (including phenoxy) is 4. The molecular weight excluding hydrogens is 1300 g/mol. The number of anilines is 5. The minimum absolute atomic E-state index is 0.0582. The molecule has 0 radical (unpaired) electrons. The average molecular weight is 1410 g/mol. The number of carbonyl (C=O) groups excluding carboxylic acids is 4. The molecule has 1 atom stereocenters. The largest absolute Gasteiger partial charge is 0.460 e. The zero-order valence-corrected chi connectivity index (χ0v) is 63.1. The van der Waals surface area contributed by atoms with Gasteiger partial charge in [0.1, 0.15) is 39.4 Å². The first kappa shape index (κ1) is 79.6. The normalized spacial score (nSPS) is 12.8. The van der Waals surface area contributed by atoms with Crippen LogP contribution in [0.1, 0.15) is 188 Å². The highest BCUT2D eigenvalue weighted by molar-refractivity contribution is 5.85. The van der Waals surface area contributed by atoms with Gasteiger partial charge in [0, 0.05) is 65.2 Å². The van der Waals surface area contributed by atoms with E-state index in [-0.39, 0.29) is 58.4 Å².